The number of benzene rings is 2. The highest BCUT2D eigenvalue weighted by molar-refractivity contribution is 6.31. The average Bonchev–Trinajstić information content (AvgIpc) is 3.02. The number of anilines is 1. The lowest BCUT2D eigenvalue weighted by Crippen LogP contribution is -2.74. The van der Waals surface area contributed by atoms with Gasteiger partial charge in [-0.2, -0.15) is 5.26 Å². The van der Waals surface area contributed by atoms with Gasteiger partial charge in [-0.1, -0.05) is 39.3 Å². The van der Waals surface area contributed by atoms with Gasteiger partial charge in [-0.3, -0.25) is 9.69 Å². The van der Waals surface area contributed by atoms with Crippen LogP contribution >= 0.6 is 11.6 Å². The Bertz CT molecular complexity index is 1510. The third-order valence-electron chi connectivity index (χ3n) is 10.2. The molecule has 3 fully saturated rings. The van der Waals surface area contributed by atoms with E-state index in [1.165, 1.54) is 0 Å². The topological polar surface area (TPSA) is 118 Å². The Balaban J connectivity index is 1.10. The molecule has 2 aromatic rings. The summed E-state index contributed by atoms with van der Waals surface area (Å²) in [7, 11) is 0. The van der Waals surface area contributed by atoms with E-state index in [1.54, 1.807) is 23.1 Å². The van der Waals surface area contributed by atoms with Crippen LogP contribution in [0.3, 0.4) is 0 Å². The molecule has 2 aliphatic heterocycles. The number of β-amino-alcohol motifs (C(OH)–C–C–N with tert-alkyl or cyclic N) is 1. The number of nitrogens with zero attached hydrogens (tertiary/aromatic N) is 4. The molecular weight excluding hydrogens is 630 g/mol. The molecule has 0 spiro atoms. The van der Waals surface area contributed by atoms with Crippen molar-refractivity contribution in [1.29, 1.82) is 5.26 Å². The lowest BCUT2D eigenvalue weighted by molar-refractivity contribution is -0.164. The van der Waals surface area contributed by atoms with Crippen LogP contribution in [0.15, 0.2) is 42.5 Å². The second-order valence-electron chi connectivity index (χ2n) is 15.8. The number of ether oxygens (including phenoxy) is 2. The van der Waals surface area contributed by atoms with Crippen molar-refractivity contribution in [1.82, 2.24) is 15.1 Å². The van der Waals surface area contributed by atoms with Crippen LogP contribution in [-0.2, 0) is 4.74 Å². The summed E-state index contributed by atoms with van der Waals surface area (Å²) in [5.74, 6) is 0.478. The van der Waals surface area contributed by atoms with Gasteiger partial charge in [-0.25, -0.2) is 4.79 Å². The number of carbonyl (C=O) groups is 2. The van der Waals surface area contributed by atoms with E-state index in [9.17, 15) is 20.0 Å². The second-order valence-corrected chi connectivity index (χ2v) is 16.2. The first-order chi connectivity index (χ1) is 22.4. The second kappa shape index (κ2) is 13.4. The Kier molecular flexibility index (Phi) is 10.00. The number of halogens is 1. The molecule has 2 saturated heterocycles. The molecule has 2 N–H and O–H groups in total. The summed E-state index contributed by atoms with van der Waals surface area (Å²) in [5.41, 5.74) is 0.0278. The molecule has 1 saturated carbocycles. The molecular formula is C37H50ClN5O5. The first-order valence-corrected chi connectivity index (χ1v) is 17.2. The van der Waals surface area contributed by atoms with Gasteiger partial charge in [0, 0.05) is 80.0 Å². The van der Waals surface area contributed by atoms with Gasteiger partial charge in [-0.15, -0.1) is 0 Å². The summed E-state index contributed by atoms with van der Waals surface area (Å²) in [6, 6.07) is 14.8. The third-order valence-corrected chi connectivity index (χ3v) is 10.5. The molecule has 0 unspecified atom stereocenters. The summed E-state index contributed by atoms with van der Waals surface area (Å²) in [6.07, 6.45) is 0.574. The first kappa shape index (κ1) is 35.8. The average molecular weight is 680 g/mol. The Morgan fingerprint density at radius 1 is 0.979 bits per heavy atom. The maximum absolute atomic E-state index is 13.4. The summed E-state index contributed by atoms with van der Waals surface area (Å²) >= 11 is 6.23. The van der Waals surface area contributed by atoms with Crippen molar-refractivity contribution in [3.05, 3.63) is 58.6 Å². The standard InChI is InChI=1S/C37H50ClN5O5/c1-34(2,3)48-33(45)43-16-14-37(46,15-17-43)24-41-18-20-42(21-19-41)27-11-8-25(9-12-27)30(44)40-31-35(4,5)32(36(31,6)7)47-28-13-10-26(23-39)29(38)22-28/h8-13,22,31-32,46H,14-21,24H2,1-7H3,(H,40,44). The van der Waals surface area contributed by atoms with Gasteiger partial charge in [0.15, 0.2) is 0 Å². The molecule has 2 amide bonds. The summed E-state index contributed by atoms with van der Waals surface area (Å²) in [4.78, 5) is 32.1. The maximum Gasteiger partial charge on any atom is 0.410 e. The van der Waals surface area contributed by atoms with Gasteiger partial charge in [0.2, 0.25) is 0 Å². The lowest BCUT2D eigenvalue weighted by Gasteiger charge is -2.63. The fraction of sp³-hybridized carbons (Fsp3) is 0.595. The molecule has 260 valence electrons. The molecule has 48 heavy (non-hydrogen) atoms. The van der Waals surface area contributed by atoms with Crippen molar-refractivity contribution in [3.63, 3.8) is 0 Å². The van der Waals surface area contributed by atoms with Gasteiger partial charge in [0.1, 0.15) is 23.5 Å². The molecule has 3 aliphatic rings. The van der Waals surface area contributed by atoms with Crippen molar-refractivity contribution < 1.29 is 24.2 Å². The highest BCUT2D eigenvalue weighted by atomic mass is 35.5. The minimum atomic E-state index is -0.817. The third kappa shape index (κ3) is 7.69. The fourth-order valence-corrected chi connectivity index (χ4v) is 8.02. The summed E-state index contributed by atoms with van der Waals surface area (Å²) in [5, 5.41) is 24.1. The number of nitrogens with one attached hydrogen (secondary N) is 1. The molecule has 0 radical (unpaired) electrons. The number of piperazine rings is 1. The number of aliphatic hydroxyl groups is 1. The molecule has 0 atom stereocenters. The SMILES string of the molecule is CC(C)(C)OC(=O)N1CCC(O)(CN2CCN(c3ccc(C(=O)NC4C(C)(C)C(Oc5ccc(C#N)c(Cl)c5)C4(C)C)cc3)CC2)CC1. The zero-order valence-corrected chi connectivity index (χ0v) is 30.1. The van der Waals surface area contributed by atoms with Crippen LogP contribution in [0.25, 0.3) is 0 Å². The number of piperidine rings is 1. The van der Waals surface area contributed by atoms with E-state index >= 15 is 0 Å². The van der Waals surface area contributed by atoms with E-state index in [4.69, 9.17) is 21.1 Å². The van der Waals surface area contributed by atoms with E-state index in [0.717, 1.165) is 31.9 Å². The Hall–Kier alpha value is -3.52. The van der Waals surface area contributed by atoms with Gasteiger partial charge in [-0.05, 0) is 70.0 Å². The highest BCUT2D eigenvalue weighted by Crippen LogP contribution is 2.55. The van der Waals surface area contributed by atoms with Crippen LogP contribution in [0.1, 0.15) is 77.2 Å². The molecule has 11 heteroatoms. The monoisotopic (exact) mass is 679 g/mol. The number of rotatable bonds is 7. The van der Waals surface area contributed by atoms with Crippen LogP contribution < -0.4 is 15.0 Å². The van der Waals surface area contributed by atoms with Crippen LogP contribution in [-0.4, -0.2) is 96.1 Å². The van der Waals surface area contributed by atoms with Crippen molar-refractivity contribution in [2.45, 2.75) is 84.7 Å². The van der Waals surface area contributed by atoms with E-state index in [-0.39, 0.29) is 35.0 Å². The Morgan fingerprint density at radius 3 is 2.12 bits per heavy atom. The van der Waals surface area contributed by atoms with Gasteiger partial charge >= 0.3 is 6.09 Å². The van der Waals surface area contributed by atoms with Crippen molar-refractivity contribution in [2.75, 3.05) is 50.7 Å². The molecule has 2 heterocycles. The first-order valence-electron chi connectivity index (χ1n) is 16.9. The van der Waals surface area contributed by atoms with Crippen LogP contribution in [0, 0.1) is 22.2 Å². The van der Waals surface area contributed by atoms with Crippen molar-refractivity contribution in [2.24, 2.45) is 10.8 Å². The van der Waals surface area contributed by atoms with Crippen LogP contribution in [0.4, 0.5) is 10.5 Å². The number of likely N-dealkylation sites (tertiary alicyclic amines) is 1. The van der Waals surface area contributed by atoms with Crippen LogP contribution in [0.5, 0.6) is 5.75 Å². The lowest BCUT2D eigenvalue weighted by atomic mass is 9.49. The van der Waals surface area contributed by atoms with E-state index in [2.05, 4.69) is 48.9 Å². The summed E-state index contributed by atoms with van der Waals surface area (Å²) in [6.45, 7) is 18.8. The van der Waals surface area contributed by atoms with Crippen molar-refractivity contribution in [3.8, 4) is 11.8 Å². The van der Waals surface area contributed by atoms with E-state index < -0.39 is 11.2 Å². The molecule has 2 aromatic carbocycles. The minimum absolute atomic E-state index is 0.122. The Morgan fingerprint density at radius 2 is 1.58 bits per heavy atom. The minimum Gasteiger partial charge on any atom is -0.489 e. The highest BCUT2D eigenvalue weighted by Gasteiger charge is 2.64. The molecule has 0 bridgehead atoms. The Labute approximate surface area is 289 Å². The number of hydrogen-bond acceptors (Lipinski definition) is 8. The predicted molar refractivity (Wildman–Crippen MR) is 186 cm³/mol. The molecule has 5 rings (SSSR count). The maximum atomic E-state index is 13.4. The smallest absolute Gasteiger partial charge is 0.410 e. The van der Waals surface area contributed by atoms with Crippen molar-refractivity contribution >= 4 is 29.3 Å². The largest absolute Gasteiger partial charge is 0.489 e. The molecule has 0 aromatic heterocycles. The van der Waals surface area contributed by atoms with Gasteiger partial charge in [0.05, 0.1) is 16.2 Å². The zero-order valence-electron chi connectivity index (χ0n) is 29.3. The number of carbonyl (C=O) groups excluding carboxylic acids is 2. The molecule has 1 aliphatic carbocycles. The zero-order chi connectivity index (χ0) is 35.1. The summed E-state index contributed by atoms with van der Waals surface area (Å²) < 4.78 is 11.9. The van der Waals surface area contributed by atoms with Gasteiger partial charge < -0.3 is 29.7 Å². The number of amides is 2. The van der Waals surface area contributed by atoms with Crippen LogP contribution in [0.2, 0.25) is 5.02 Å². The molecule has 10 nitrogen and oxygen atoms in total. The van der Waals surface area contributed by atoms with E-state index in [0.29, 0.717) is 54.4 Å². The van der Waals surface area contributed by atoms with E-state index in [1.807, 2.05) is 45.0 Å². The normalized spacial score (nSPS) is 23.4. The number of nitriles is 1. The van der Waals surface area contributed by atoms with Gasteiger partial charge in [0.25, 0.3) is 5.91 Å². The fourth-order valence-electron chi connectivity index (χ4n) is 7.80. The predicted octanol–water partition coefficient (Wildman–Crippen LogP) is 5.71. The quantitative estimate of drug-likeness (QED) is 0.382. The number of hydrogen-bond donors (Lipinski definition) is 2.